The van der Waals surface area contributed by atoms with Gasteiger partial charge in [0.05, 0.1) is 34.0 Å². The topological polar surface area (TPSA) is 121 Å². The number of likely N-dealkylation sites (tertiary alicyclic amines) is 1. The minimum Gasteiger partial charge on any atom is -0.461 e. The molecule has 3 unspecified atom stereocenters. The molecule has 3 atom stereocenters. The van der Waals surface area contributed by atoms with E-state index < -0.39 is 57.8 Å². The number of anilines is 2. The zero-order valence-electron chi connectivity index (χ0n) is 28.3. The van der Waals surface area contributed by atoms with Gasteiger partial charge in [0.25, 0.3) is 0 Å². The number of fused-ring (bicyclic) bond motifs is 3. The highest BCUT2D eigenvalue weighted by Crippen LogP contribution is 2.48. The highest BCUT2D eigenvalue weighted by molar-refractivity contribution is 7.23. The standard InChI is InChI=1S/C35H35F6N7O3S/c1-3-48(19-11-25(49)46(16-19)9-10-50-2)32-21-12-23(35(39,40)41)27(20-5-6-24(37)30-26(20)22(14-42)31(43)52-30)28(38)29(21)44-33(45-32)51-17-34-7-4-8-47(34)15-18(36)13-34/h5-6,12,18-19H,3-4,7-11,13,15-17,43H2,1-2H3. The van der Waals surface area contributed by atoms with Crippen LogP contribution in [0.25, 0.3) is 32.1 Å². The van der Waals surface area contributed by atoms with Crippen LogP contribution in [0.5, 0.6) is 6.01 Å². The molecular weight excluding hydrogens is 712 g/mol. The van der Waals surface area contributed by atoms with Gasteiger partial charge in [-0.2, -0.15) is 28.4 Å². The Kier molecular flexibility index (Phi) is 9.37. The third-order valence-electron chi connectivity index (χ3n) is 10.4. The van der Waals surface area contributed by atoms with Gasteiger partial charge in [0.1, 0.15) is 41.0 Å². The maximum Gasteiger partial charge on any atom is 0.417 e. The fourth-order valence-electron chi connectivity index (χ4n) is 8.08. The number of nitrogens with two attached hydrogens (primary N) is 1. The van der Waals surface area contributed by atoms with Crippen LogP contribution in [0.15, 0.2) is 18.2 Å². The first-order chi connectivity index (χ1) is 24.8. The molecule has 3 aliphatic heterocycles. The van der Waals surface area contributed by atoms with Crippen LogP contribution in [0, 0.1) is 23.0 Å². The molecule has 52 heavy (non-hydrogen) atoms. The van der Waals surface area contributed by atoms with E-state index in [-0.39, 0.29) is 89.5 Å². The number of aromatic nitrogens is 2. The number of likely N-dealkylation sites (N-methyl/N-ethyl adjacent to an activating group) is 1. The number of nitrogens with zero attached hydrogens (tertiary/aromatic N) is 6. The Morgan fingerprint density at radius 2 is 2.02 bits per heavy atom. The molecule has 3 saturated heterocycles. The average molecular weight is 748 g/mol. The molecule has 7 rings (SSSR count). The number of rotatable bonds is 10. The van der Waals surface area contributed by atoms with E-state index in [1.165, 1.54) is 7.11 Å². The number of thiophene rings is 1. The fraction of sp³-hybridized carbons (Fsp3) is 0.486. The number of alkyl halides is 4. The number of carbonyl (C=O) groups is 1. The van der Waals surface area contributed by atoms with E-state index in [9.17, 15) is 18.8 Å². The number of methoxy groups -OCH3 is 1. The van der Waals surface area contributed by atoms with Gasteiger partial charge in [-0.05, 0) is 44.0 Å². The third kappa shape index (κ3) is 6.03. The molecule has 5 heterocycles. The minimum absolute atomic E-state index is 0.0198. The molecule has 0 bridgehead atoms. The Bertz CT molecular complexity index is 2110. The van der Waals surface area contributed by atoms with Gasteiger partial charge in [0, 0.05) is 62.5 Å². The van der Waals surface area contributed by atoms with Gasteiger partial charge in [0.15, 0.2) is 5.82 Å². The van der Waals surface area contributed by atoms with Crippen molar-refractivity contribution in [1.82, 2.24) is 19.8 Å². The lowest BCUT2D eigenvalue weighted by atomic mass is 9.92. The molecule has 276 valence electrons. The van der Waals surface area contributed by atoms with Gasteiger partial charge in [-0.3, -0.25) is 9.69 Å². The minimum atomic E-state index is -5.14. The van der Waals surface area contributed by atoms with E-state index in [4.69, 9.17) is 15.2 Å². The zero-order chi connectivity index (χ0) is 37.1. The molecule has 0 radical (unpaired) electrons. The molecule has 2 aromatic heterocycles. The summed E-state index contributed by atoms with van der Waals surface area (Å²) < 4.78 is 103. The smallest absolute Gasteiger partial charge is 0.417 e. The van der Waals surface area contributed by atoms with Crippen LogP contribution in [0.4, 0.5) is 37.2 Å². The monoisotopic (exact) mass is 747 g/mol. The van der Waals surface area contributed by atoms with Gasteiger partial charge in [-0.15, -0.1) is 11.3 Å². The van der Waals surface area contributed by atoms with Crippen LogP contribution >= 0.6 is 11.3 Å². The molecule has 17 heteroatoms. The fourth-order valence-corrected chi connectivity index (χ4v) is 9.03. The maximum atomic E-state index is 17.2. The quantitative estimate of drug-likeness (QED) is 0.187. The Labute approximate surface area is 298 Å². The van der Waals surface area contributed by atoms with Crippen molar-refractivity contribution in [3.8, 4) is 23.2 Å². The summed E-state index contributed by atoms with van der Waals surface area (Å²) >= 11 is 0.673. The molecule has 0 saturated carbocycles. The van der Waals surface area contributed by atoms with Crippen LogP contribution in [-0.2, 0) is 15.7 Å². The lowest BCUT2D eigenvalue weighted by Crippen LogP contribution is -2.43. The second-order valence-corrected chi connectivity index (χ2v) is 14.5. The van der Waals surface area contributed by atoms with E-state index in [1.54, 1.807) is 16.7 Å². The molecular formula is C35H35F6N7O3S. The third-order valence-corrected chi connectivity index (χ3v) is 11.5. The van der Waals surface area contributed by atoms with E-state index >= 15 is 17.6 Å². The van der Waals surface area contributed by atoms with Crippen molar-refractivity contribution >= 4 is 49.1 Å². The molecule has 3 aliphatic rings. The van der Waals surface area contributed by atoms with E-state index in [2.05, 4.69) is 9.97 Å². The summed E-state index contributed by atoms with van der Waals surface area (Å²) in [6.07, 6.45) is -4.50. The van der Waals surface area contributed by atoms with Crippen molar-refractivity contribution < 1.29 is 40.6 Å². The number of nitrogen functional groups attached to an aromatic ring is 1. The van der Waals surface area contributed by atoms with Gasteiger partial charge in [-0.25, -0.2) is 13.2 Å². The first-order valence-electron chi connectivity index (χ1n) is 16.9. The van der Waals surface area contributed by atoms with Gasteiger partial charge >= 0.3 is 12.2 Å². The molecule has 3 fully saturated rings. The summed E-state index contributed by atoms with van der Waals surface area (Å²) in [6.45, 7) is 3.59. The predicted octanol–water partition coefficient (Wildman–Crippen LogP) is 6.29. The van der Waals surface area contributed by atoms with Crippen molar-refractivity contribution in [2.45, 2.75) is 56.5 Å². The van der Waals surface area contributed by atoms with Crippen molar-refractivity contribution in [3.05, 3.63) is 41.0 Å². The number of hydrogen-bond donors (Lipinski definition) is 1. The number of carbonyl (C=O) groups excluding carboxylic acids is 1. The summed E-state index contributed by atoms with van der Waals surface area (Å²) in [4.78, 5) is 27.1. The molecule has 2 aromatic carbocycles. The highest BCUT2D eigenvalue weighted by atomic mass is 32.1. The predicted molar refractivity (Wildman–Crippen MR) is 183 cm³/mol. The SMILES string of the molecule is CCN(c1nc(OCC23CCCN2CC(F)C3)nc2c(F)c(-c3ccc(F)c4sc(N)c(C#N)c34)c(C(F)(F)F)cc12)C1CC(=O)N(CCOC)C1. The first-order valence-corrected chi connectivity index (χ1v) is 17.7. The van der Waals surface area contributed by atoms with Crippen LogP contribution in [0.2, 0.25) is 0 Å². The van der Waals surface area contributed by atoms with Gasteiger partial charge in [0.2, 0.25) is 5.91 Å². The number of benzene rings is 2. The summed E-state index contributed by atoms with van der Waals surface area (Å²) in [5, 5.41) is 9.17. The highest BCUT2D eigenvalue weighted by Gasteiger charge is 2.49. The summed E-state index contributed by atoms with van der Waals surface area (Å²) in [5.74, 6) is -2.50. The van der Waals surface area contributed by atoms with Crippen LogP contribution < -0.4 is 15.4 Å². The normalized spacial score (nSPS) is 22.1. The van der Waals surface area contributed by atoms with Crippen LogP contribution in [0.3, 0.4) is 0 Å². The molecule has 0 spiro atoms. The van der Waals surface area contributed by atoms with Crippen molar-refractivity contribution in [2.75, 3.05) is 63.7 Å². The van der Waals surface area contributed by atoms with Gasteiger partial charge in [-0.1, -0.05) is 6.07 Å². The maximum absolute atomic E-state index is 17.2. The zero-order valence-corrected chi connectivity index (χ0v) is 29.1. The van der Waals surface area contributed by atoms with Crippen LogP contribution in [-0.4, -0.2) is 96.5 Å². The summed E-state index contributed by atoms with van der Waals surface area (Å²) in [6, 6.07) is 3.56. The van der Waals surface area contributed by atoms with Crippen molar-refractivity contribution in [1.29, 1.82) is 5.26 Å². The Hall–Kier alpha value is -4.40. The molecule has 0 aliphatic carbocycles. The number of halogens is 6. The van der Waals surface area contributed by atoms with Crippen LogP contribution in [0.1, 0.15) is 43.7 Å². The van der Waals surface area contributed by atoms with Crippen molar-refractivity contribution in [3.63, 3.8) is 0 Å². The van der Waals surface area contributed by atoms with E-state index in [0.29, 0.717) is 30.8 Å². The Balaban J connectivity index is 1.44. The second kappa shape index (κ2) is 13.5. The number of ether oxygens (including phenoxy) is 2. The number of nitriles is 1. The van der Waals surface area contributed by atoms with Gasteiger partial charge < -0.3 is 25.0 Å². The largest absolute Gasteiger partial charge is 0.461 e. The second-order valence-electron chi connectivity index (χ2n) is 13.4. The molecule has 2 N–H and O–H groups in total. The van der Waals surface area contributed by atoms with Crippen molar-refractivity contribution in [2.24, 2.45) is 0 Å². The first kappa shape index (κ1) is 36.0. The molecule has 4 aromatic rings. The Morgan fingerprint density at radius 1 is 1.23 bits per heavy atom. The molecule has 10 nitrogen and oxygen atoms in total. The Morgan fingerprint density at radius 3 is 2.73 bits per heavy atom. The lowest BCUT2D eigenvalue weighted by Gasteiger charge is -2.32. The summed E-state index contributed by atoms with van der Waals surface area (Å²) in [5.41, 5.74) is 1.79. The molecule has 1 amide bonds. The summed E-state index contributed by atoms with van der Waals surface area (Å²) in [7, 11) is 1.50. The number of hydrogen-bond acceptors (Lipinski definition) is 10. The number of amides is 1. The lowest BCUT2D eigenvalue weighted by molar-refractivity contribution is -0.137. The van der Waals surface area contributed by atoms with E-state index in [1.807, 2.05) is 11.0 Å². The van der Waals surface area contributed by atoms with E-state index in [0.717, 1.165) is 24.6 Å². The average Bonchev–Trinajstić information content (AvgIpc) is 3.84.